The van der Waals surface area contributed by atoms with Crippen LogP contribution in [-0.2, 0) is 0 Å². The second-order valence-electron chi connectivity index (χ2n) is 3.64. The predicted octanol–water partition coefficient (Wildman–Crippen LogP) is 3.55. The van der Waals surface area contributed by atoms with Crippen LogP contribution in [0.1, 0.15) is 18.5 Å². The van der Waals surface area contributed by atoms with Gasteiger partial charge in [0.15, 0.2) is 0 Å². The highest BCUT2D eigenvalue weighted by Gasteiger charge is 2.08. The topological polar surface area (TPSA) is 37.8 Å². The molecule has 3 nitrogen and oxygen atoms in total. The van der Waals surface area contributed by atoms with Crippen LogP contribution >= 0.6 is 15.9 Å². The molecule has 1 N–H and O–H groups in total. The van der Waals surface area contributed by atoms with Gasteiger partial charge in [-0.15, -0.1) is 0 Å². The lowest BCUT2D eigenvalue weighted by Gasteiger charge is -2.15. The molecule has 0 aliphatic rings. The maximum absolute atomic E-state index is 12.8. The predicted molar refractivity (Wildman–Crippen MR) is 68.2 cm³/mol. The van der Waals surface area contributed by atoms with Crippen molar-refractivity contribution in [3.63, 3.8) is 0 Å². The lowest BCUT2D eigenvalue weighted by Crippen LogP contribution is -2.08. The quantitative estimate of drug-likeness (QED) is 0.941. The highest BCUT2D eigenvalue weighted by molar-refractivity contribution is 9.10. The lowest BCUT2D eigenvalue weighted by molar-refractivity contribution is 0.626. The maximum Gasteiger partial charge on any atom is 0.144 e. The molecule has 0 amide bonds. The molecule has 0 saturated carbocycles. The fourth-order valence-electron chi connectivity index (χ4n) is 1.46. The third-order valence-corrected chi connectivity index (χ3v) is 2.97. The Bertz CT molecular complexity index is 501. The van der Waals surface area contributed by atoms with Crippen molar-refractivity contribution >= 4 is 21.7 Å². The standard InChI is InChI=1S/C12H11BrFN3/c1-8(9-2-4-10(14)5-3-9)17-12-11(13)6-15-7-16-12/h2-8H,1H3,(H,15,16,17). The van der Waals surface area contributed by atoms with Crippen molar-refractivity contribution in [3.8, 4) is 0 Å². The summed E-state index contributed by atoms with van der Waals surface area (Å²) in [5, 5.41) is 3.23. The van der Waals surface area contributed by atoms with E-state index in [0.29, 0.717) is 0 Å². The van der Waals surface area contributed by atoms with E-state index in [2.05, 4.69) is 31.2 Å². The molecular weight excluding hydrogens is 285 g/mol. The zero-order valence-electron chi connectivity index (χ0n) is 9.19. The summed E-state index contributed by atoms with van der Waals surface area (Å²) in [5.41, 5.74) is 0.997. The van der Waals surface area contributed by atoms with Crippen LogP contribution in [0.3, 0.4) is 0 Å². The number of nitrogens with one attached hydrogen (secondary N) is 1. The number of hydrogen-bond donors (Lipinski definition) is 1. The molecule has 0 saturated heterocycles. The average molecular weight is 296 g/mol. The van der Waals surface area contributed by atoms with Crippen LogP contribution in [0.15, 0.2) is 41.3 Å². The zero-order chi connectivity index (χ0) is 12.3. The molecule has 0 radical (unpaired) electrons. The Balaban J connectivity index is 2.14. The van der Waals surface area contributed by atoms with Crippen molar-refractivity contribution < 1.29 is 4.39 Å². The smallest absolute Gasteiger partial charge is 0.144 e. The number of halogens is 2. The molecule has 1 aromatic carbocycles. The van der Waals surface area contributed by atoms with Gasteiger partial charge < -0.3 is 5.32 Å². The number of hydrogen-bond acceptors (Lipinski definition) is 3. The number of nitrogens with zero attached hydrogens (tertiary/aromatic N) is 2. The lowest BCUT2D eigenvalue weighted by atomic mass is 10.1. The summed E-state index contributed by atoms with van der Waals surface area (Å²) in [7, 11) is 0. The van der Waals surface area contributed by atoms with Crippen LogP contribution in [0.5, 0.6) is 0 Å². The number of benzene rings is 1. The Hall–Kier alpha value is -1.49. The molecule has 88 valence electrons. The van der Waals surface area contributed by atoms with Crippen molar-refractivity contribution in [2.45, 2.75) is 13.0 Å². The molecule has 1 aromatic heterocycles. The van der Waals surface area contributed by atoms with Gasteiger partial charge in [-0.2, -0.15) is 0 Å². The van der Waals surface area contributed by atoms with E-state index >= 15 is 0 Å². The van der Waals surface area contributed by atoms with Gasteiger partial charge >= 0.3 is 0 Å². The van der Waals surface area contributed by atoms with Crippen LogP contribution in [0.2, 0.25) is 0 Å². The largest absolute Gasteiger partial charge is 0.363 e. The molecule has 0 aliphatic heterocycles. The van der Waals surface area contributed by atoms with Crippen LogP contribution < -0.4 is 5.32 Å². The molecule has 0 aliphatic carbocycles. The van der Waals surface area contributed by atoms with E-state index in [4.69, 9.17) is 0 Å². The minimum absolute atomic E-state index is 0.0433. The van der Waals surface area contributed by atoms with E-state index in [1.807, 2.05) is 6.92 Å². The Labute approximate surface area is 107 Å². The highest BCUT2D eigenvalue weighted by Crippen LogP contribution is 2.23. The maximum atomic E-state index is 12.8. The average Bonchev–Trinajstić information content (AvgIpc) is 2.33. The molecule has 0 fully saturated rings. The van der Waals surface area contributed by atoms with E-state index in [9.17, 15) is 4.39 Å². The number of aromatic nitrogens is 2. The molecule has 2 rings (SSSR count). The van der Waals surface area contributed by atoms with E-state index in [-0.39, 0.29) is 11.9 Å². The molecule has 5 heteroatoms. The van der Waals surface area contributed by atoms with Gasteiger partial charge in [-0.05, 0) is 40.5 Å². The summed E-state index contributed by atoms with van der Waals surface area (Å²) in [6.07, 6.45) is 3.15. The van der Waals surface area contributed by atoms with Crippen molar-refractivity contribution in [2.75, 3.05) is 5.32 Å². The second-order valence-corrected chi connectivity index (χ2v) is 4.49. The molecular formula is C12H11BrFN3. The fraction of sp³-hybridized carbons (Fsp3) is 0.167. The third-order valence-electron chi connectivity index (χ3n) is 2.39. The van der Waals surface area contributed by atoms with E-state index in [0.717, 1.165) is 15.9 Å². The number of rotatable bonds is 3. The summed E-state index contributed by atoms with van der Waals surface area (Å²) >= 11 is 3.36. The van der Waals surface area contributed by atoms with Gasteiger partial charge in [0.1, 0.15) is 18.0 Å². The van der Waals surface area contributed by atoms with Crippen LogP contribution in [-0.4, -0.2) is 9.97 Å². The minimum atomic E-state index is -0.232. The van der Waals surface area contributed by atoms with Gasteiger partial charge in [-0.1, -0.05) is 12.1 Å². The Morgan fingerprint density at radius 1 is 1.29 bits per heavy atom. The van der Waals surface area contributed by atoms with Crippen molar-refractivity contribution in [2.24, 2.45) is 0 Å². The molecule has 0 spiro atoms. The second kappa shape index (κ2) is 5.23. The van der Waals surface area contributed by atoms with Gasteiger partial charge in [0.2, 0.25) is 0 Å². The van der Waals surface area contributed by atoms with Gasteiger partial charge in [0.25, 0.3) is 0 Å². The van der Waals surface area contributed by atoms with Crippen molar-refractivity contribution in [3.05, 3.63) is 52.6 Å². The first-order valence-electron chi connectivity index (χ1n) is 5.14. The summed E-state index contributed by atoms with van der Waals surface area (Å²) < 4.78 is 13.6. The Morgan fingerprint density at radius 2 is 2.00 bits per heavy atom. The van der Waals surface area contributed by atoms with Gasteiger partial charge in [0, 0.05) is 12.2 Å². The Kier molecular flexibility index (Phi) is 3.68. The van der Waals surface area contributed by atoms with Gasteiger partial charge in [-0.25, -0.2) is 14.4 Å². The SMILES string of the molecule is CC(Nc1ncncc1Br)c1ccc(F)cc1. The summed E-state index contributed by atoms with van der Waals surface area (Å²) in [4.78, 5) is 8.01. The molecule has 1 heterocycles. The minimum Gasteiger partial charge on any atom is -0.363 e. The summed E-state index contributed by atoms with van der Waals surface area (Å²) in [6.45, 7) is 1.99. The monoisotopic (exact) mass is 295 g/mol. The third kappa shape index (κ3) is 3.00. The zero-order valence-corrected chi connectivity index (χ0v) is 10.8. The molecule has 1 unspecified atom stereocenters. The summed E-state index contributed by atoms with van der Waals surface area (Å²) in [6, 6.07) is 6.44. The first kappa shape index (κ1) is 12.0. The van der Waals surface area contributed by atoms with Crippen molar-refractivity contribution in [1.82, 2.24) is 9.97 Å². The fourth-order valence-corrected chi connectivity index (χ4v) is 1.79. The first-order valence-corrected chi connectivity index (χ1v) is 5.93. The van der Waals surface area contributed by atoms with Crippen molar-refractivity contribution in [1.29, 1.82) is 0 Å². The normalized spacial score (nSPS) is 12.2. The van der Waals surface area contributed by atoms with Gasteiger partial charge in [0.05, 0.1) is 4.47 Å². The first-order chi connectivity index (χ1) is 8.16. The number of anilines is 1. The van der Waals surface area contributed by atoms with E-state index in [1.54, 1.807) is 18.3 Å². The molecule has 17 heavy (non-hydrogen) atoms. The molecule has 1 atom stereocenters. The molecule has 2 aromatic rings. The van der Waals surface area contributed by atoms with Gasteiger partial charge in [-0.3, -0.25) is 0 Å². The summed E-state index contributed by atoms with van der Waals surface area (Å²) in [5.74, 6) is 0.487. The van der Waals surface area contributed by atoms with E-state index < -0.39 is 0 Å². The van der Waals surface area contributed by atoms with Crippen LogP contribution in [0, 0.1) is 5.82 Å². The Morgan fingerprint density at radius 3 is 2.65 bits per heavy atom. The highest BCUT2D eigenvalue weighted by atomic mass is 79.9. The van der Waals surface area contributed by atoms with Crippen LogP contribution in [0.4, 0.5) is 10.2 Å². The van der Waals surface area contributed by atoms with Crippen LogP contribution in [0.25, 0.3) is 0 Å². The van der Waals surface area contributed by atoms with E-state index in [1.165, 1.54) is 18.5 Å². The molecule has 0 bridgehead atoms.